The molecule has 94 valence electrons. The minimum atomic E-state index is 0. The zero-order chi connectivity index (χ0) is 9.68. The van der Waals surface area contributed by atoms with E-state index in [0.29, 0.717) is 12.0 Å². The lowest BCUT2D eigenvalue weighted by Crippen LogP contribution is -2.43. The number of likely N-dealkylation sites (tertiary alicyclic amines) is 1. The number of rotatable bonds is 4. The van der Waals surface area contributed by atoms with Gasteiger partial charge in [-0.1, -0.05) is 0 Å². The van der Waals surface area contributed by atoms with Gasteiger partial charge in [-0.2, -0.15) is 0 Å². The normalized spacial score (nSPS) is 23.8. The van der Waals surface area contributed by atoms with E-state index < -0.39 is 0 Å². The summed E-state index contributed by atoms with van der Waals surface area (Å²) >= 11 is 0. The first-order valence-electron chi connectivity index (χ1n) is 5.21. The van der Waals surface area contributed by atoms with Crippen molar-refractivity contribution in [3.8, 4) is 0 Å². The predicted molar refractivity (Wildman–Crippen MR) is 69.2 cm³/mol. The monoisotopic (exact) mass is 258 g/mol. The summed E-state index contributed by atoms with van der Waals surface area (Å²) in [6.45, 7) is 6.38. The van der Waals surface area contributed by atoms with Gasteiger partial charge in [-0.3, -0.25) is 0 Å². The van der Waals surface area contributed by atoms with Crippen molar-refractivity contribution in [3.63, 3.8) is 0 Å². The average molecular weight is 259 g/mol. The third kappa shape index (κ3) is 6.59. The Balaban J connectivity index is 0. The van der Waals surface area contributed by atoms with E-state index >= 15 is 0 Å². The number of hydrogen-bond donors (Lipinski definition) is 1. The van der Waals surface area contributed by atoms with Gasteiger partial charge in [0.2, 0.25) is 0 Å². The highest BCUT2D eigenvalue weighted by Crippen LogP contribution is 2.18. The highest BCUT2D eigenvalue weighted by atomic mass is 35.5. The van der Waals surface area contributed by atoms with Crippen LogP contribution in [0.15, 0.2) is 0 Å². The van der Waals surface area contributed by atoms with Crippen LogP contribution in [-0.2, 0) is 4.74 Å². The van der Waals surface area contributed by atoms with Crippen LogP contribution in [0, 0.1) is 5.92 Å². The summed E-state index contributed by atoms with van der Waals surface area (Å²) in [6, 6.07) is 0.338. The van der Waals surface area contributed by atoms with E-state index in [4.69, 9.17) is 10.5 Å². The number of hydrogen-bond acceptors (Lipinski definition) is 3. The Labute approximate surface area is 106 Å². The lowest BCUT2D eigenvalue weighted by Gasteiger charge is -2.34. The van der Waals surface area contributed by atoms with Crippen LogP contribution in [0.3, 0.4) is 0 Å². The molecule has 0 aromatic rings. The smallest absolute Gasteiger partial charge is 0.0589 e. The van der Waals surface area contributed by atoms with Crippen molar-refractivity contribution < 1.29 is 4.74 Å². The summed E-state index contributed by atoms with van der Waals surface area (Å²) in [6.07, 6.45) is 2.58. The molecule has 0 amide bonds. The fourth-order valence-electron chi connectivity index (χ4n) is 1.94. The van der Waals surface area contributed by atoms with Crippen LogP contribution in [0.25, 0.3) is 0 Å². The van der Waals surface area contributed by atoms with Crippen molar-refractivity contribution in [1.82, 2.24) is 4.90 Å². The van der Waals surface area contributed by atoms with E-state index in [1.165, 1.54) is 19.4 Å². The molecule has 0 aromatic heterocycles. The Morgan fingerprint density at radius 2 is 2.13 bits per heavy atom. The second-order valence-electron chi connectivity index (χ2n) is 4.05. The molecule has 5 heteroatoms. The summed E-state index contributed by atoms with van der Waals surface area (Å²) in [5, 5.41) is 0. The van der Waals surface area contributed by atoms with E-state index in [2.05, 4.69) is 11.8 Å². The molecule has 1 aliphatic rings. The number of piperidine rings is 1. The Morgan fingerprint density at radius 1 is 1.47 bits per heavy atom. The van der Waals surface area contributed by atoms with Crippen molar-refractivity contribution in [3.05, 3.63) is 0 Å². The fraction of sp³-hybridized carbons (Fsp3) is 1.00. The minimum Gasteiger partial charge on any atom is -0.383 e. The lowest BCUT2D eigenvalue weighted by atomic mass is 9.92. The van der Waals surface area contributed by atoms with Gasteiger partial charge in [0.25, 0.3) is 0 Å². The molecule has 2 N–H and O–H groups in total. The Morgan fingerprint density at radius 3 is 2.67 bits per heavy atom. The molecule has 3 nitrogen and oxygen atoms in total. The van der Waals surface area contributed by atoms with Gasteiger partial charge in [0.05, 0.1) is 6.61 Å². The van der Waals surface area contributed by atoms with Crippen LogP contribution in [0.2, 0.25) is 0 Å². The van der Waals surface area contributed by atoms with Gasteiger partial charge in [-0.05, 0) is 32.2 Å². The summed E-state index contributed by atoms with van der Waals surface area (Å²) in [5.41, 5.74) is 5.90. The van der Waals surface area contributed by atoms with Crippen LogP contribution in [-0.4, -0.2) is 44.3 Å². The first-order chi connectivity index (χ1) is 6.24. The summed E-state index contributed by atoms with van der Waals surface area (Å²) < 4.78 is 5.07. The molecule has 0 radical (unpaired) electrons. The van der Waals surface area contributed by atoms with Crippen molar-refractivity contribution >= 4 is 24.8 Å². The van der Waals surface area contributed by atoms with Gasteiger partial charge in [-0.15, -0.1) is 24.8 Å². The zero-order valence-corrected chi connectivity index (χ0v) is 11.3. The molecule has 1 saturated heterocycles. The number of ether oxygens (including phenoxy) is 1. The van der Waals surface area contributed by atoms with Gasteiger partial charge in [0.15, 0.2) is 0 Å². The van der Waals surface area contributed by atoms with Gasteiger partial charge in [0, 0.05) is 26.2 Å². The second-order valence-corrected chi connectivity index (χ2v) is 4.05. The molecule has 0 aliphatic carbocycles. The van der Waals surface area contributed by atoms with Crippen LogP contribution < -0.4 is 5.73 Å². The van der Waals surface area contributed by atoms with E-state index in [1.54, 1.807) is 7.11 Å². The van der Waals surface area contributed by atoms with Crippen LogP contribution in [0.5, 0.6) is 0 Å². The molecule has 15 heavy (non-hydrogen) atoms. The van der Waals surface area contributed by atoms with Gasteiger partial charge >= 0.3 is 0 Å². The Kier molecular flexibility index (Phi) is 11.5. The largest absolute Gasteiger partial charge is 0.383 e. The Hall–Kier alpha value is 0.460. The fourth-order valence-corrected chi connectivity index (χ4v) is 1.94. The highest BCUT2D eigenvalue weighted by Gasteiger charge is 2.21. The summed E-state index contributed by atoms with van der Waals surface area (Å²) in [4.78, 5) is 2.46. The zero-order valence-electron chi connectivity index (χ0n) is 9.65. The number of halogens is 2. The van der Waals surface area contributed by atoms with Gasteiger partial charge in [-0.25, -0.2) is 0 Å². The van der Waals surface area contributed by atoms with Gasteiger partial charge in [0.1, 0.15) is 0 Å². The molecule has 1 heterocycles. The molecule has 2 atom stereocenters. The van der Waals surface area contributed by atoms with Gasteiger partial charge < -0.3 is 15.4 Å². The molecule has 1 rings (SSSR count). The minimum absolute atomic E-state index is 0. The maximum Gasteiger partial charge on any atom is 0.0589 e. The highest BCUT2D eigenvalue weighted by molar-refractivity contribution is 5.85. The summed E-state index contributed by atoms with van der Waals surface area (Å²) in [5.74, 6) is 0.686. The molecule has 0 bridgehead atoms. The third-order valence-corrected chi connectivity index (χ3v) is 2.90. The molecule has 1 fully saturated rings. The molecular formula is C10H24Cl2N2O. The molecule has 1 aliphatic heterocycles. The number of nitrogens with two attached hydrogens (primary N) is 1. The van der Waals surface area contributed by atoms with Crippen LogP contribution in [0.4, 0.5) is 0 Å². The van der Waals surface area contributed by atoms with E-state index in [0.717, 1.165) is 19.7 Å². The predicted octanol–water partition coefficient (Wildman–Crippen LogP) is 1.54. The maximum atomic E-state index is 5.90. The summed E-state index contributed by atoms with van der Waals surface area (Å²) in [7, 11) is 1.76. The van der Waals surface area contributed by atoms with Crippen LogP contribution in [0.1, 0.15) is 19.8 Å². The standard InChI is InChI=1S/C10H22N2O.2ClH/c1-9(11)10-4-3-5-12(8-10)6-7-13-2;;/h9-10H,3-8,11H2,1-2H3;2*1H. The lowest BCUT2D eigenvalue weighted by molar-refractivity contribution is 0.109. The average Bonchev–Trinajstić information content (AvgIpc) is 2.15. The first-order valence-corrected chi connectivity index (χ1v) is 5.21. The maximum absolute atomic E-state index is 5.90. The van der Waals surface area contributed by atoms with Crippen molar-refractivity contribution in [2.24, 2.45) is 11.7 Å². The Bertz CT molecular complexity index is 147. The molecule has 0 spiro atoms. The van der Waals surface area contributed by atoms with Crippen LogP contribution >= 0.6 is 24.8 Å². The van der Waals surface area contributed by atoms with Crippen molar-refractivity contribution in [2.75, 3.05) is 33.4 Å². The van der Waals surface area contributed by atoms with E-state index in [-0.39, 0.29) is 24.8 Å². The van der Waals surface area contributed by atoms with Crippen molar-refractivity contribution in [2.45, 2.75) is 25.8 Å². The quantitative estimate of drug-likeness (QED) is 0.832. The molecule has 2 unspecified atom stereocenters. The van der Waals surface area contributed by atoms with Crippen molar-refractivity contribution in [1.29, 1.82) is 0 Å². The number of methoxy groups -OCH3 is 1. The SMILES string of the molecule is COCCN1CCCC(C(C)N)C1.Cl.Cl. The first kappa shape index (κ1) is 17.8. The molecule has 0 saturated carbocycles. The molecular weight excluding hydrogens is 235 g/mol. The second kappa shape index (κ2) is 9.67. The third-order valence-electron chi connectivity index (χ3n) is 2.90. The van der Waals surface area contributed by atoms with E-state index in [9.17, 15) is 0 Å². The van der Waals surface area contributed by atoms with E-state index in [1.807, 2.05) is 0 Å². The topological polar surface area (TPSA) is 38.5 Å². The number of nitrogens with zero attached hydrogens (tertiary/aromatic N) is 1. The molecule has 0 aromatic carbocycles.